The predicted molar refractivity (Wildman–Crippen MR) is 95.6 cm³/mol. The van der Waals surface area contributed by atoms with Gasteiger partial charge < -0.3 is 14.9 Å². The molecule has 0 radical (unpaired) electrons. The van der Waals surface area contributed by atoms with Gasteiger partial charge in [-0.1, -0.05) is 25.9 Å². The summed E-state index contributed by atoms with van der Waals surface area (Å²) >= 11 is 0. The van der Waals surface area contributed by atoms with Gasteiger partial charge in [-0.2, -0.15) is 0 Å². The van der Waals surface area contributed by atoms with E-state index in [1.165, 1.54) is 0 Å². The number of pyridine rings is 1. The maximum Gasteiger partial charge on any atom is 0.259 e. The predicted octanol–water partition coefficient (Wildman–Crippen LogP) is 3.19. The number of nitrogens with one attached hydrogen (secondary N) is 1. The minimum atomic E-state index is -0.701. The molecule has 136 valence electrons. The molecule has 0 unspecified atom stereocenters. The molecule has 2 N–H and O–H groups in total. The van der Waals surface area contributed by atoms with Gasteiger partial charge in [-0.05, 0) is 44.6 Å². The highest BCUT2D eigenvalue weighted by molar-refractivity contribution is 6.06. The first-order valence-electron chi connectivity index (χ1n) is 8.82. The summed E-state index contributed by atoms with van der Waals surface area (Å²) in [6.45, 7) is 9.79. The van der Waals surface area contributed by atoms with Crippen molar-refractivity contribution in [2.45, 2.75) is 65.3 Å². The third kappa shape index (κ3) is 4.00. The zero-order chi connectivity index (χ0) is 18.4. The third-order valence-corrected chi connectivity index (χ3v) is 4.32. The summed E-state index contributed by atoms with van der Waals surface area (Å²) in [5.41, 5.74) is 1.91. The molecule has 0 bridgehead atoms. The van der Waals surface area contributed by atoms with Gasteiger partial charge in [0.05, 0.1) is 28.8 Å². The third-order valence-electron chi connectivity index (χ3n) is 4.32. The van der Waals surface area contributed by atoms with E-state index in [9.17, 15) is 9.90 Å². The molecule has 1 aliphatic carbocycles. The quantitative estimate of drug-likeness (QED) is 0.869. The van der Waals surface area contributed by atoms with Crippen molar-refractivity contribution in [3.63, 3.8) is 0 Å². The Labute approximate surface area is 148 Å². The van der Waals surface area contributed by atoms with Crippen LogP contribution in [-0.2, 0) is 6.42 Å². The number of fused-ring (bicyclic) bond motifs is 1. The Morgan fingerprint density at radius 3 is 2.56 bits per heavy atom. The maximum atomic E-state index is 12.9. The Morgan fingerprint density at radius 1 is 1.32 bits per heavy atom. The first kappa shape index (κ1) is 17.9. The topological polar surface area (TPSA) is 88.2 Å². The van der Waals surface area contributed by atoms with Gasteiger partial charge in [0.15, 0.2) is 0 Å². The number of carbonyl (C=O) groups is 1. The first-order valence-corrected chi connectivity index (χ1v) is 8.82. The molecule has 6 nitrogen and oxygen atoms in total. The van der Waals surface area contributed by atoms with E-state index in [4.69, 9.17) is 4.52 Å². The van der Waals surface area contributed by atoms with E-state index in [0.29, 0.717) is 29.0 Å². The molecule has 25 heavy (non-hydrogen) atoms. The minimum absolute atomic E-state index is 0.0110. The molecule has 1 saturated carbocycles. The van der Waals surface area contributed by atoms with Crippen molar-refractivity contribution in [1.82, 2.24) is 15.5 Å². The smallest absolute Gasteiger partial charge is 0.259 e. The number of aromatic nitrogens is 2. The molecule has 1 aliphatic rings. The number of nitrogens with zero attached hydrogens (tertiary/aromatic N) is 2. The number of hydrogen-bond donors (Lipinski definition) is 2. The number of rotatable bonds is 5. The Kier molecular flexibility index (Phi) is 4.35. The fourth-order valence-corrected chi connectivity index (χ4v) is 2.83. The summed E-state index contributed by atoms with van der Waals surface area (Å²) in [5.74, 6) is 0.171. The van der Waals surface area contributed by atoms with Gasteiger partial charge in [-0.15, -0.1) is 0 Å². The zero-order valence-electron chi connectivity index (χ0n) is 15.6. The van der Waals surface area contributed by atoms with Crippen molar-refractivity contribution in [2.24, 2.45) is 5.41 Å². The summed E-state index contributed by atoms with van der Waals surface area (Å²) in [6.07, 6.45) is 2.86. The van der Waals surface area contributed by atoms with Gasteiger partial charge in [-0.3, -0.25) is 4.79 Å². The largest absolute Gasteiger partial charge is 0.394 e. The first-order chi connectivity index (χ1) is 11.6. The molecule has 6 heteroatoms. The van der Waals surface area contributed by atoms with Crippen LogP contribution in [0.1, 0.15) is 75.1 Å². The van der Waals surface area contributed by atoms with E-state index in [1.807, 2.05) is 6.07 Å². The molecule has 0 atom stereocenters. The van der Waals surface area contributed by atoms with E-state index in [0.717, 1.165) is 24.2 Å². The Balaban J connectivity index is 2.09. The van der Waals surface area contributed by atoms with Crippen LogP contribution >= 0.6 is 0 Å². The van der Waals surface area contributed by atoms with Crippen LogP contribution in [0.3, 0.4) is 0 Å². The molecule has 0 aliphatic heterocycles. The van der Waals surface area contributed by atoms with Crippen LogP contribution < -0.4 is 5.32 Å². The van der Waals surface area contributed by atoms with Crippen molar-refractivity contribution in [2.75, 3.05) is 6.61 Å². The second-order valence-corrected chi connectivity index (χ2v) is 8.91. The molecule has 3 rings (SSSR count). The van der Waals surface area contributed by atoms with Crippen LogP contribution in [0.15, 0.2) is 10.6 Å². The Bertz CT molecular complexity index is 798. The minimum Gasteiger partial charge on any atom is -0.394 e. The molecule has 1 amide bonds. The lowest BCUT2D eigenvalue weighted by molar-refractivity contribution is 0.0870. The van der Waals surface area contributed by atoms with Gasteiger partial charge in [-0.25, -0.2) is 4.98 Å². The molecule has 0 saturated heterocycles. The molecular weight excluding hydrogens is 318 g/mol. The number of carbonyl (C=O) groups excluding carboxylic acids is 1. The molecule has 0 spiro atoms. The van der Waals surface area contributed by atoms with E-state index >= 15 is 0 Å². The van der Waals surface area contributed by atoms with Crippen LogP contribution in [0.5, 0.6) is 0 Å². The van der Waals surface area contributed by atoms with E-state index in [2.05, 4.69) is 36.2 Å². The summed E-state index contributed by atoms with van der Waals surface area (Å²) in [6, 6.07) is 1.87. The molecule has 0 aromatic carbocycles. The molecule has 2 aromatic rings. The van der Waals surface area contributed by atoms with E-state index in [1.54, 1.807) is 13.8 Å². The van der Waals surface area contributed by atoms with Crippen molar-refractivity contribution < 1.29 is 14.4 Å². The lowest BCUT2D eigenvalue weighted by atomic mass is 9.89. The molecular formula is C19H27N3O3. The number of aliphatic hydroxyl groups excluding tert-OH is 1. The van der Waals surface area contributed by atoms with Crippen molar-refractivity contribution >= 4 is 17.0 Å². The normalized spacial score (nSPS) is 15.6. The Hall–Kier alpha value is -1.95. The summed E-state index contributed by atoms with van der Waals surface area (Å²) in [4.78, 5) is 17.5. The average Bonchev–Trinajstić information content (AvgIpc) is 3.28. The SMILES string of the molecule is CC(C)(C)Cc1noc2nc(C3CC3)cc(C(=O)NC(C)(C)CO)c12. The maximum absolute atomic E-state index is 12.9. The van der Waals surface area contributed by atoms with E-state index < -0.39 is 5.54 Å². The number of aliphatic hydroxyl groups is 1. The molecule has 2 heterocycles. The average molecular weight is 345 g/mol. The van der Waals surface area contributed by atoms with Crippen LogP contribution in [0, 0.1) is 5.41 Å². The monoisotopic (exact) mass is 345 g/mol. The van der Waals surface area contributed by atoms with Crippen molar-refractivity contribution in [3.8, 4) is 0 Å². The lowest BCUT2D eigenvalue weighted by Crippen LogP contribution is -2.46. The molecule has 2 aromatic heterocycles. The second-order valence-electron chi connectivity index (χ2n) is 8.91. The second kappa shape index (κ2) is 6.09. The Morgan fingerprint density at radius 2 is 2.00 bits per heavy atom. The standard InChI is InChI=1S/C19H27N3O3/c1-18(2,3)9-14-15-12(16(24)21-19(4,5)10-23)8-13(11-6-7-11)20-17(15)25-22-14/h8,11,23H,6-7,9-10H2,1-5H3,(H,21,24). The summed E-state index contributed by atoms with van der Waals surface area (Å²) in [5, 5.41) is 17.2. The highest BCUT2D eigenvalue weighted by atomic mass is 16.5. The highest BCUT2D eigenvalue weighted by Crippen LogP contribution is 2.41. The fraction of sp³-hybridized carbons (Fsp3) is 0.632. The zero-order valence-corrected chi connectivity index (χ0v) is 15.6. The van der Waals surface area contributed by atoms with Crippen molar-refractivity contribution in [3.05, 3.63) is 23.0 Å². The highest BCUT2D eigenvalue weighted by Gasteiger charge is 2.31. The van der Waals surface area contributed by atoms with Crippen LogP contribution in [0.2, 0.25) is 0 Å². The number of hydrogen-bond acceptors (Lipinski definition) is 5. The lowest BCUT2D eigenvalue weighted by Gasteiger charge is -2.24. The van der Waals surface area contributed by atoms with Crippen LogP contribution in [0.4, 0.5) is 0 Å². The van der Waals surface area contributed by atoms with Crippen LogP contribution in [0.25, 0.3) is 11.1 Å². The summed E-state index contributed by atoms with van der Waals surface area (Å²) < 4.78 is 5.47. The van der Waals surface area contributed by atoms with E-state index in [-0.39, 0.29) is 17.9 Å². The van der Waals surface area contributed by atoms with Gasteiger partial charge >= 0.3 is 0 Å². The fourth-order valence-electron chi connectivity index (χ4n) is 2.83. The van der Waals surface area contributed by atoms with Crippen molar-refractivity contribution in [1.29, 1.82) is 0 Å². The molecule has 1 fully saturated rings. The van der Waals surface area contributed by atoms with Gasteiger partial charge in [0.2, 0.25) is 0 Å². The van der Waals surface area contributed by atoms with Crippen LogP contribution in [-0.4, -0.2) is 33.3 Å². The van der Waals surface area contributed by atoms with Gasteiger partial charge in [0.1, 0.15) is 0 Å². The van der Waals surface area contributed by atoms with Gasteiger partial charge in [0.25, 0.3) is 11.6 Å². The summed E-state index contributed by atoms with van der Waals surface area (Å²) in [7, 11) is 0. The number of amides is 1. The van der Waals surface area contributed by atoms with Gasteiger partial charge in [0, 0.05) is 11.6 Å².